The minimum atomic E-state index is -0.479. The van der Waals surface area contributed by atoms with E-state index in [1.165, 1.54) is 12.1 Å². The Morgan fingerprint density at radius 1 is 1.40 bits per heavy atom. The van der Waals surface area contributed by atoms with Crippen LogP contribution < -0.4 is 10.9 Å². The first-order valence-corrected chi connectivity index (χ1v) is 4.57. The van der Waals surface area contributed by atoms with Crippen LogP contribution in [0.1, 0.15) is 20.8 Å². The fourth-order valence-corrected chi connectivity index (χ4v) is 0.758. The number of amides is 1. The first kappa shape index (κ1) is 11.4. The van der Waals surface area contributed by atoms with Crippen LogP contribution in [-0.2, 0) is 4.79 Å². The Bertz CT molecular complexity index is 343. The maximum atomic E-state index is 12.5. The maximum Gasteiger partial charge on any atom is 0.243 e. The number of nitrogens with zero attached hydrogens (tertiary/aromatic N) is 1. The van der Waals surface area contributed by atoms with E-state index in [9.17, 15) is 9.18 Å². The van der Waals surface area contributed by atoms with Gasteiger partial charge < -0.3 is 0 Å². The molecule has 2 N–H and O–H groups in total. The zero-order valence-electron chi connectivity index (χ0n) is 8.97. The average Bonchev–Trinajstić information content (AvgIpc) is 2.15. The predicted molar refractivity (Wildman–Crippen MR) is 55.4 cm³/mol. The molecule has 82 valence electrons. The number of aromatic nitrogens is 1. The zero-order chi connectivity index (χ0) is 11.5. The number of carbonyl (C=O) groups excluding carboxylic acids is 1. The lowest BCUT2D eigenvalue weighted by atomic mass is 9.96. The molecule has 0 bridgehead atoms. The van der Waals surface area contributed by atoms with Gasteiger partial charge in [0.05, 0.1) is 6.20 Å². The van der Waals surface area contributed by atoms with Gasteiger partial charge in [0.15, 0.2) is 0 Å². The van der Waals surface area contributed by atoms with Crippen molar-refractivity contribution < 1.29 is 9.18 Å². The van der Waals surface area contributed by atoms with E-state index in [0.717, 1.165) is 6.20 Å². The maximum absolute atomic E-state index is 12.5. The summed E-state index contributed by atoms with van der Waals surface area (Å²) in [7, 11) is 0. The molecule has 0 aliphatic rings. The van der Waals surface area contributed by atoms with E-state index in [1.54, 1.807) is 20.8 Å². The summed E-state index contributed by atoms with van der Waals surface area (Å²) in [4.78, 5) is 15.2. The van der Waals surface area contributed by atoms with Gasteiger partial charge in [-0.05, 0) is 12.1 Å². The predicted octanol–water partition coefficient (Wildman–Crippen LogP) is 1.71. The number of rotatable bonds is 2. The van der Waals surface area contributed by atoms with Crippen LogP contribution in [0.25, 0.3) is 0 Å². The molecule has 0 aliphatic carbocycles. The topological polar surface area (TPSA) is 54.0 Å². The second-order valence-corrected chi connectivity index (χ2v) is 4.19. The molecule has 0 aliphatic heterocycles. The van der Waals surface area contributed by atoms with E-state index in [1.807, 2.05) is 0 Å². The van der Waals surface area contributed by atoms with Crippen molar-refractivity contribution in [2.24, 2.45) is 5.41 Å². The number of hydrazine groups is 1. The molecule has 0 atom stereocenters. The third kappa shape index (κ3) is 3.53. The zero-order valence-corrected chi connectivity index (χ0v) is 8.97. The number of hydrogen-bond acceptors (Lipinski definition) is 3. The standard InChI is InChI=1S/C10H14FN3O/c1-10(2,3)9(15)14-13-8-5-4-7(11)6-12-8/h4-6H,1-3H3,(H,12,13)(H,14,15). The van der Waals surface area contributed by atoms with Crippen molar-refractivity contribution >= 4 is 11.7 Å². The van der Waals surface area contributed by atoms with Gasteiger partial charge in [0.1, 0.15) is 11.6 Å². The molecule has 0 saturated carbocycles. The molecule has 4 nitrogen and oxygen atoms in total. The molecule has 1 rings (SSSR count). The lowest BCUT2D eigenvalue weighted by Gasteiger charge is -2.18. The second kappa shape index (κ2) is 4.25. The summed E-state index contributed by atoms with van der Waals surface area (Å²) in [5, 5.41) is 0. The van der Waals surface area contributed by atoms with Gasteiger partial charge in [-0.1, -0.05) is 20.8 Å². The second-order valence-electron chi connectivity index (χ2n) is 4.19. The lowest BCUT2D eigenvalue weighted by Crippen LogP contribution is -2.38. The van der Waals surface area contributed by atoms with Crippen LogP contribution >= 0.6 is 0 Å². The molecule has 5 heteroatoms. The summed E-state index contributed by atoms with van der Waals surface area (Å²) in [5.41, 5.74) is 4.61. The molecule has 1 amide bonds. The highest BCUT2D eigenvalue weighted by molar-refractivity contribution is 5.82. The highest BCUT2D eigenvalue weighted by atomic mass is 19.1. The lowest BCUT2D eigenvalue weighted by molar-refractivity contribution is -0.127. The van der Waals surface area contributed by atoms with Gasteiger partial charge >= 0.3 is 0 Å². The monoisotopic (exact) mass is 211 g/mol. The van der Waals surface area contributed by atoms with Crippen molar-refractivity contribution in [2.45, 2.75) is 20.8 Å². The van der Waals surface area contributed by atoms with Crippen molar-refractivity contribution in [3.05, 3.63) is 24.1 Å². The molecule has 15 heavy (non-hydrogen) atoms. The van der Waals surface area contributed by atoms with Crippen LogP contribution in [0.2, 0.25) is 0 Å². The molecular weight excluding hydrogens is 197 g/mol. The van der Waals surface area contributed by atoms with Gasteiger partial charge in [0, 0.05) is 5.41 Å². The van der Waals surface area contributed by atoms with Crippen molar-refractivity contribution in [2.75, 3.05) is 5.43 Å². The Labute approximate surface area is 87.9 Å². The van der Waals surface area contributed by atoms with Gasteiger partial charge in [0.2, 0.25) is 5.91 Å². The third-order valence-corrected chi connectivity index (χ3v) is 1.71. The Hall–Kier alpha value is -1.65. The normalized spacial score (nSPS) is 10.9. The third-order valence-electron chi connectivity index (χ3n) is 1.71. The molecule has 0 fully saturated rings. The Balaban J connectivity index is 2.51. The smallest absolute Gasteiger partial charge is 0.243 e. The van der Waals surface area contributed by atoms with Crippen LogP contribution in [0.5, 0.6) is 0 Å². The van der Waals surface area contributed by atoms with Crippen molar-refractivity contribution in [3.8, 4) is 0 Å². The van der Waals surface area contributed by atoms with E-state index in [0.29, 0.717) is 5.82 Å². The van der Waals surface area contributed by atoms with Gasteiger partial charge in [0.25, 0.3) is 0 Å². The summed E-state index contributed by atoms with van der Waals surface area (Å²) in [6.07, 6.45) is 1.07. The van der Waals surface area contributed by atoms with Gasteiger partial charge in [-0.3, -0.25) is 15.6 Å². The van der Waals surface area contributed by atoms with E-state index in [2.05, 4.69) is 15.8 Å². The molecular formula is C10H14FN3O. The number of nitrogens with one attached hydrogen (secondary N) is 2. The van der Waals surface area contributed by atoms with Crippen LogP contribution in [0.3, 0.4) is 0 Å². The first-order valence-electron chi connectivity index (χ1n) is 4.57. The minimum absolute atomic E-state index is 0.159. The molecule has 0 spiro atoms. The van der Waals surface area contributed by atoms with E-state index < -0.39 is 11.2 Å². The van der Waals surface area contributed by atoms with Crippen LogP contribution in [-0.4, -0.2) is 10.9 Å². The summed E-state index contributed by atoms with van der Waals surface area (Å²) in [5.74, 6) is -0.176. The number of pyridine rings is 1. The summed E-state index contributed by atoms with van der Waals surface area (Å²) >= 11 is 0. The fourth-order valence-electron chi connectivity index (χ4n) is 0.758. The quantitative estimate of drug-likeness (QED) is 0.732. The highest BCUT2D eigenvalue weighted by Crippen LogP contribution is 2.12. The summed E-state index contributed by atoms with van der Waals surface area (Å²) in [6, 6.07) is 2.71. The van der Waals surface area contributed by atoms with E-state index in [-0.39, 0.29) is 5.91 Å². The first-order chi connectivity index (χ1) is 6.89. The van der Waals surface area contributed by atoms with Gasteiger partial charge in [-0.15, -0.1) is 0 Å². The number of anilines is 1. The SMILES string of the molecule is CC(C)(C)C(=O)NNc1ccc(F)cn1. The largest absolute Gasteiger partial charge is 0.282 e. The van der Waals surface area contributed by atoms with E-state index in [4.69, 9.17) is 0 Å². The molecule has 1 aromatic rings. The van der Waals surface area contributed by atoms with Crippen LogP contribution in [0, 0.1) is 11.2 Å². The molecule has 0 saturated heterocycles. The Morgan fingerprint density at radius 3 is 2.53 bits per heavy atom. The van der Waals surface area contributed by atoms with Crippen molar-refractivity contribution in [1.82, 2.24) is 10.4 Å². The number of carbonyl (C=O) groups is 1. The molecule has 0 radical (unpaired) electrons. The van der Waals surface area contributed by atoms with Gasteiger partial charge in [-0.25, -0.2) is 9.37 Å². The summed E-state index contributed by atoms with van der Waals surface area (Å²) in [6.45, 7) is 5.38. The molecule has 1 aromatic heterocycles. The molecule has 0 unspecified atom stereocenters. The highest BCUT2D eigenvalue weighted by Gasteiger charge is 2.20. The summed E-state index contributed by atoms with van der Waals surface area (Å²) < 4.78 is 12.5. The molecule has 0 aromatic carbocycles. The average molecular weight is 211 g/mol. The minimum Gasteiger partial charge on any atom is -0.282 e. The molecule has 1 heterocycles. The van der Waals surface area contributed by atoms with Crippen molar-refractivity contribution in [3.63, 3.8) is 0 Å². The van der Waals surface area contributed by atoms with Crippen LogP contribution in [0.4, 0.5) is 10.2 Å². The van der Waals surface area contributed by atoms with E-state index >= 15 is 0 Å². The Morgan fingerprint density at radius 2 is 2.07 bits per heavy atom. The Kier molecular flexibility index (Phi) is 3.24. The van der Waals surface area contributed by atoms with Gasteiger partial charge in [-0.2, -0.15) is 0 Å². The van der Waals surface area contributed by atoms with Crippen LogP contribution in [0.15, 0.2) is 18.3 Å². The number of halogens is 1. The fraction of sp³-hybridized carbons (Fsp3) is 0.400. The number of hydrogen-bond donors (Lipinski definition) is 2. The van der Waals surface area contributed by atoms with Crippen molar-refractivity contribution in [1.29, 1.82) is 0 Å².